The summed E-state index contributed by atoms with van der Waals surface area (Å²) in [5.41, 5.74) is 5.68. The third kappa shape index (κ3) is 2.94. The number of rotatable bonds is 3. The van der Waals surface area contributed by atoms with Crippen molar-refractivity contribution >= 4 is 0 Å². The lowest BCUT2D eigenvalue weighted by Gasteiger charge is -2.25. The van der Waals surface area contributed by atoms with Gasteiger partial charge in [0.05, 0.1) is 0 Å². The van der Waals surface area contributed by atoms with Crippen LogP contribution in [0.15, 0.2) is 48.5 Å². The van der Waals surface area contributed by atoms with Gasteiger partial charge in [-0.1, -0.05) is 59.7 Å². The van der Waals surface area contributed by atoms with Crippen LogP contribution in [0.4, 0.5) is 0 Å². The molecule has 20 heavy (non-hydrogen) atoms. The lowest BCUT2D eigenvalue weighted by molar-refractivity contribution is 0.248. The van der Waals surface area contributed by atoms with Crippen LogP contribution >= 0.6 is 0 Å². The molecule has 0 N–H and O–H groups in total. The third-order valence-corrected chi connectivity index (χ3v) is 4.22. The van der Waals surface area contributed by atoms with Gasteiger partial charge in [0, 0.05) is 12.6 Å². The zero-order chi connectivity index (χ0) is 13.9. The fourth-order valence-corrected chi connectivity index (χ4v) is 3.41. The van der Waals surface area contributed by atoms with Gasteiger partial charge in [-0.05, 0) is 44.4 Å². The molecule has 0 amide bonds. The molecular weight excluding hydrogens is 242 g/mol. The van der Waals surface area contributed by atoms with Gasteiger partial charge in [-0.25, -0.2) is 0 Å². The van der Waals surface area contributed by atoms with Crippen LogP contribution in [0.5, 0.6) is 0 Å². The second-order valence-corrected chi connectivity index (χ2v) is 6.04. The van der Waals surface area contributed by atoms with Crippen molar-refractivity contribution in [1.82, 2.24) is 4.90 Å². The summed E-state index contributed by atoms with van der Waals surface area (Å²) in [4.78, 5) is 2.63. The summed E-state index contributed by atoms with van der Waals surface area (Å²) in [7, 11) is 0. The molecule has 0 aliphatic carbocycles. The molecule has 1 aliphatic rings. The fourth-order valence-electron chi connectivity index (χ4n) is 3.41. The van der Waals surface area contributed by atoms with Crippen molar-refractivity contribution in [1.29, 1.82) is 0 Å². The normalized spacial score (nSPS) is 19.4. The molecule has 0 radical (unpaired) electrons. The maximum Gasteiger partial charge on any atom is 0.0352 e. The summed E-state index contributed by atoms with van der Waals surface area (Å²) >= 11 is 0. The van der Waals surface area contributed by atoms with Gasteiger partial charge in [0.15, 0.2) is 0 Å². The molecule has 1 fully saturated rings. The summed E-state index contributed by atoms with van der Waals surface area (Å²) in [6, 6.07) is 18.4. The highest BCUT2D eigenvalue weighted by Gasteiger charge is 2.26. The van der Waals surface area contributed by atoms with Crippen LogP contribution in [0.2, 0.25) is 0 Å². The first kappa shape index (κ1) is 13.4. The molecule has 1 atom stereocenters. The molecule has 0 bridgehead atoms. The van der Waals surface area contributed by atoms with Crippen LogP contribution in [-0.4, -0.2) is 11.4 Å². The van der Waals surface area contributed by atoms with E-state index in [1.807, 2.05) is 0 Å². The topological polar surface area (TPSA) is 3.24 Å². The number of aryl methyl sites for hydroxylation is 2. The number of hydrogen-bond acceptors (Lipinski definition) is 1. The molecule has 1 aliphatic heterocycles. The Morgan fingerprint density at radius 3 is 2.40 bits per heavy atom. The van der Waals surface area contributed by atoms with E-state index < -0.39 is 0 Å². The Labute approximate surface area is 122 Å². The predicted molar refractivity (Wildman–Crippen MR) is 84.7 cm³/mol. The summed E-state index contributed by atoms with van der Waals surface area (Å²) in [6.45, 7) is 6.69. The Kier molecular flexibility index (Phi) is 3.88. The molecule has 0 spiro atoms. The van der Waals surface area contributed by atoms with Crippen LogP contribution in [0.1, 0.15) is 41.1 Å². The van der Waals surface area contributed by atoms with Gasteiger partial charge in [0.25, 0.3) is 0 Å². The molecule has 1 heteroatoms. The van der Waals surface area contributed by atoms with E-state index in [4.69, 9.17) is 0 Å². The van der Waals surface area contributed by atoms with Gasteiger partial charge in [-0.15, -0.1) is 0 Å². The van der Waals surface area contributed by atoms with Crippen molar-refractivity contribution in [2.45, 2.75) is 39.3 Å². The average molecular weight is 265 g/mol. The van der Waals surface area contributed by atoms with Crippen LogP contribution in [0.25, 0.3) is 0 Å². The van der Waals surface area contributed by atoms with E-state index in [9.17, 15) is 0 Å². The molecular formula is C19H23N. The minimum atomic E-state index is 0.591. The van der Waals surface area contributed by atoms with Crippen LogP contribution in [-0.2, 0) is 6.54 Å². The second-order valence-electron chi connectivity index (χ2n) is 6.04. The van der Waals surface area contributed by atoms with Crippen LogP contribution in [0, 0.1) is 13.8 Å². The van der Waals surface area contributed by atoms with E-state index >= 15 is 0 Å². The van der Waals surface area contributed by atoms with Crippen LogP contribution in [0.3, 0.4) is 0 Å². The predicted octanol–water partition coefficient (Wildman–Crippen LogP) is 4.64. The molecule has 0 saturated carbocycles. The maximum absolute atomic E-state index is 2.63. The molecule has 2 aromatic carbocycles. The van der Waals surface area contributed by atoms with Gasteiger partial charge >= 0.3 is 0 Å². The van der Waals surface area contributed by atoms with Crippen LogP contribution < -0.4 is 0 Å². The Morgan fingerprint density at radius 2 is 1.70 bits per heavy atom. The number of benzene rings is 2. The van der Waals surface area contributed by atoms with E-state index in [2.05, 4.69) is 67.3 Å². The maximum atomic E-state index is 2.63. The molecule has 0 aromatic heterocycles. The summed E-state index contributed by atoms with van der Waals surface area (Å²) in [5, 5.41) is 0. The van der Waals surface area contributed by atoms with Gasteiger partial charge in [-0.3, -0.25) is 4.90 Å². The van der Waals surface area contributed by atoms with Crippen molar-refractivity contribution in [2.75, 3.05) is 6.54 Å². The largest absolute Gasteiger partial charge is 0.292 e. The third-order valence-electron chi connectivity index (χ3n) is 4.22. The molecule has 104 valence electrons. The van der Waals surface area contributed by atoms with Gasteiger partial charge in [-0.2, -0.15) is 0 Å². The molecule has 1 saturated heterocycles. The molecule has 1 unspecified atom stereocenters. The van der Waals surface area contributed by atoms with Gasteiger partial charge in [0.2, 0.25) is 0 Å². The first-order valence-electron chi connectivity index (χ1n) is 7.58. The van der Waals surface area contributed by atoms with Gasteiger partial charge < -0.3 is 0 Å². The van der Waals surface area contributed by atoms with E-state index in [1.54, 1.807) is 0 Å². The van der Waals surface area contributed by atoms with E-state index in [-0.39, 0.29) is 0 Å². The lowest BCUT2D eigenvalue weighted by Crippen LogP contribution is -2.22. The Morgan fingerprint density at radius 1 is 1.00 bits per heavy atom. The Balaban J connectivity index is 1.81. The quantitative estimate of drug-likeness (QED) is 0.781. The summed E-state index contributed by atoms with van der Waals surface area (Å²) in [5.74, 6) is 0. The molecule has 2 aromatic rings. The van der Waals surface area contributed by atoms with E-state index in [0.29, 0.717) is 6.04 Å². The van der Waals surface area contributed by atoms with Crippen molar-refractivity contribution in [3.63, 3.8) is 0 Å². The first-order valence-corrected chi connectivity index (χ1v) is 7.58. The van der Waals surface area contributed by atoms with Crippen molar-refractivity contribution in [3.05, 3.63) is 70.8 Å². The first-order chi connectivity index (χ1) is 9.72. The number of hydrogen-bond donors (Lipinski definition) is 0. The Bertz CT molecular complexity index is 553. The smallest absolute Gasteiger partial charge is 0.0352 e. The Hall–Kier alpha value is -1.60. The fraction of sp³-hybridized carbons (Fsp3) is 0.368. The highest BCUT2D eigenvalue weighted by molar-refractivity contribution is 5.31. The highest BCUT2D eigenvalue weighted by atomic mass is 15.2. The highest BCUT2D eigenvalue weighted by Crippen LogP contribution is 2.33. The monoisotopic (exact) mass is 265 g/mol. The second kappa shape index (κ2) is 5.80. The minimum Gasteiger partial charge on any atom is -0.292 e. The zero-order valence-corrected chi connectivity index (χ0v) is 12.5. The molecule has 3 rings (SSSR count). The van der Waals surface area contributed by atoms with E-state index in [1.165, 1.54) is 41.6 Å². The minimum absolute atomic E-state index is 0.591. The number of likely N-dealkylation sites (tertiary alicyclic amines) is 1. The van der Waals surface area contributed by atoms with Crippen molar-refractivity contribution < 1.29 is 0 Å². The summed E-state index contributed by atoms with van der Waals surface area (Å²) in [6.07, 6.45) is 2.60. The van der Waals surface area contributed by atoms with Gasteiger partial charge in [0.1, 0.15) is 0 Å². The van der Waals surface area contributed by atoms with E-state index in [0.717, 1.165) is 6.54 Å². The average Bonchev–Trinajstić information content (AvgIpc) is 2.87. The van der Waals surface area contributed by atoms with Crippen molar-refractivity contribution in [3.8, 4) is 0 Å². The SMILES string of the molecule is Cc1cc(C)cc(C2CCCN2Cc2ccccc2)c1. The number of nitrogens with zero attached hydrogens (tertiary/aromatic N) is 1. The summed E-state index contributed by atoms with van der Waals surface area (Å²) < 4.78 is 0. The molecule has 1 heterocycles. The molecule has 1 nitrogen and oxygen atoms in total. The zero-order valence-electron chi connectivity index (χ0n) is 12.5. The standard InChI is InChI=1S/C19H23N/c1-15-11-16(2)13-18(12-15)19-9-6-10-20(19)14-17-7-4-3-5-8-17/h3-5,7-8,11-13,19H,6,9-10,14H2,1-2H3. The lowest BCUT2D eigenvalue weighted by atomic mass is 9.99. The van der Waals surface area contributed by atoms with Crippen molar-refractivity contribution in [2.24, 2.45) is 0 Å².